The van der Waals surface area contributed by atoms with Crippen LogP contribution in [-0.2, 0) is 16.1 Å². The van der Waals surface area contributed by atoms with Gasteiger partial charge in [-0.2, -0.15) is 0 Å². The van der Waals surface area contributed by atoms with E-state index in [4.69, 9.17) is 9.47 Å². The van der Waals surface area contributed by atoms with E-state index < -0.39 is 5.97 Å². The molecule has 0 aliphatic carbocycles. The van der Waals surface area contributed by atoms with Gasteiger partial charge in [0.25, 0.3) is 0 Å². The normalized spacial score (nSPS) is 10.1. The Labute approximate surface area is 111 Å². The highest BCUT2D eigenvalue weighted by atomic mass is 16.6. The first-order chi connectivity index (χ1) is 9.36. The van der Waals surface area contributed by atoms with Gasteiger partial charge in [-0.1, -0.05) is 30.3 Å². The monoisotopic (exact) mass is 258 g/mol. The zero-order valence-corrected chi connectivity index (χ0v) is 10.4. The lowest BCUT2D eigenvalue weighted by atomic mass is 10.2. The number of nitrogens with zero attached hydrogens (tertiary/aromatic N) is 2. The molecule has 0 atom stereocenters. The number of carbonyl (C=O) groups excluding carboxylic acids is 1. The summed E-state index contributed by atoms with van der Waals surface area (Å²) in [7, 11) is 0. The van der Waals surface area contributed by atoms with Crippen LogP contribution in [0.25, 0.3) is 0 Å². The van der Waals surface area contributed by atoms with Crippen LogP contribution in [0.2, 0.25) is 0 Å². The molecular formula is C14H14N2O3. The van der Waals surface area contributed by atoms with Gasteiger partial charge in [0.2, 0.25) is 0 Å². The van der Waals surface area contributed by atoms with Gasteiger partial charge in [0.1, 0.15) is 12.9 Å². The molecule has 5 nitrogen and oxygen atoms in total. The van der Waals surface area contributed by atoms with Crippen LogP contribution in [0.5, 0.6) is 0 Å². The number of benzene rings is 1. The average molecular weight is 258 g/mol. The van der Waals surface area contributed by atoms with Gasteiger partial charge in [-0.15, -0.1) is 0 Å². The van der Waals surface area contributed by atoms with Gasteiger partial charge in [-0.05, 0) is 11.6 Å². The highest BCUT2D eigenvalue weighted by Crippen LogP contribution is 2.00. The molecule has 0 unspecified atom stereocenters. The number of ether oxygens (including phenoxy) is 2. The molecule has 0 aliphatic rings. The molecule has 98 valence electrons. The fourth-order valence-corrected chi connectivity index (χ4v) is 1.44. The lowest BCUT2D eigenvalue weighted by molar-refractivity contribution is 0.0283. The molecule has 1 aromatic heterocycles. The van der Waals surface area contributed by atoms with Crippen molar-refractivity contribution in [3.8, 4) is 0 Å². The molecule has 19 heavy (non-hydrogen) atoms. The van der Waals surface area contributed by atoms with E-state index in [2.05, 4.69) is 9.97 Å². The van der Waals surface area contributed by atoms with Crippen molar-refractivity contribution in [2.75, 3.05) is 13.2 Å². The van der Waals surface area contributed by atoms with Crippen molar-refractivity contribution in [3.05, 3.63) is 60.2 Å². The van der Waals surface area contributed by atoms with Crippen LogP contribution in [0.3, 0.4) is 0 Å². The molecule has 2 aromatic rings. The summed E-state index contributed by atoms with van der Waals surface area (Å²) in [4.78, 5) is 19.0. The Balaban J connectivity index is 1.63. The van der Waals surface area contributed by atoms with Crippen LogP contribution in [-0.4, -0.2) is 29.2 Å². The standard InChI is InChI=1S/C14H14N2O3/c17-14(13-6-7-15-11-16-13)19-9-8-18-10-12-4-2-1-3-5-12/h1-7,11H,8-10H2. The van der Waals surface area contributed by atoms with E-state index in [9.17, 15) is 4.79 Å². The quantitative estimate of drug-likeness (QED) is 0.584. The predicted molar refractivity (Wildman–Crippen MR) is 68.4 cm³/mol. The van der Waals surface area contributed by atoms with Gasteiger partial charge in [-0.25, -0.2) is 14.8 Å². The number of carbonyl (C=O) groups is 1. The van der Waals surface area contributed by atoms with Crippen LogP contribution < -0.4 is 0 Å². The third-order valence-corrected chi connectivity index (χ3v) is 2.36. The molecule has 1 aromatic carbocycles. The number of hydrogen-bond donors (Lipinski definition) is 0. The Kier molecular flexibility index (Phi) is 5.01. The van der Waals surface area contributed by atoms with Gasteiger partial charge >= 0.3 is 5.97 Å². The summed E-state index contributed by atoms with van der Waals surface area (Å²) in [5, 5.41) is 0. The summed E-state index contributed by atoms with van der Waals surface area (Å²) >= 11 is 0. The van der Waals surface area contributed by atoms with E-state index in [-0.39, 0.29) is 12.3 Å². The maximum absolute atomic E-state index is 11.5. The van der Waals surface area contributed by atoms with E-state index in [1.807, 2.05) is 30.3 Å². The molecule has 0 N–H and O–H groups in total. The second-order valence-electron chi connectivity index (χ2n) is 3.77. The van der Waals surface area contributed by atoms with Crippen molar-refractivity contribution < 1.29 is 14.3 Å². The van der Waals surface area contributed by atoms with Crippen LogP contribution in [0.4, 0.5) is 0 Å². The molecule has 0 amide bonds. The number of esters is 1. The van der Waals surface area contributed by atoms with Crippen LogP contribution in [0, 0.1) is 0 Å². The molecule has 0 saturated carbocycles. The van der Waals surface area contributed by atoms with Gasteiger partial charge < -0.3 is 9.47 Å². The summed E-state index contributed by atoms with van der Waals surface area (Å²) in [6, 6.07) is 11.3. The minimum atomic E-state index is -0.467. The van der Waals surface area contributed by atoms with E-state index in [0.717, 1.165) is 5.56 Å². The summed E-state index contributed by atoms with van der Waals surface area (Å²) in [5.74, 6) is -0.467. The highest BCUT2D eigenvalue weighted by Gasteiger charge is 2.07. The van der Waals surface area contributed by atoms with Crippen LogP contribution >= 0.6 is 0 Å². The van der Waals surface area contributed by atoms with Crippen molar-refractivity contribution in [2.45, 2.75) is 6.61 Å². The fourth-order valence-electron chi connectivity index (χ4n) is 1.44. The minimum absolute atomic E-state index is 0.204. The maximum Gasteiger partial charge on any atom is 0.357 e. The second kappa shape index (κ2) is 7.23. The SMILES string of the molecule is O=C(OCCOCc1ccccc1)c1ccncn1. The lowest BCUT2D eigenvalue weighted by Gasteiger charge is -2.05. The first kappa shape index (κ1) is 13.2. The Morgan fingerprint density at radius 1 is 1.11 bits per heavy atom. The molecular weight excluding hydrogens is 244 g/mol. The molecule has 0 bridgehead atoms. The van der Waals surface area contributed by atoms with Gasteiger partial charge in [0.05, 0.1) is 13.2 Å². The summed E-state index contributed by atoms with van der Waals surface area (Å²) in [5.41, 5.74) is 1.34. The van der Waals surface area contributed by atoms with Crippen molar-refractivity contribution in [2.24, 2.45) is 0 Å². The number of rotatable bonds is 6. The van der Waals surface area contributed by atoms with E-state index in [1.165, 1.54) is 18.6 Å². The Hall–Kier alpha value is -2.27. The molecule has 0 fully saturated rings. The third kappa shape index (κ3) is 4.48. The number of aromatic nitrogens is 2. The zero-order valence-electron chi connectivity index (χ0n) is 10.4. The highest BCUT2D eigenvalue weighted by molar-refractivity contribution is 5.86. The zero-order chi connectivity index (χ0) is 13.3. The molecule has 0 aliphatic heterocycles. The third-order valence-electron chi connectivity index (χ3n) is 2.36. The molecule has 1 heterocycles. The summed E-state index contributed by atoms with van der Waals surface area (Å²) in [6.45, 7) is 1.06. The molecule has 0 radical (unpaired) electrons. The fraction of sp³-hybridized carbons (Fsp3) is 0.214. The van der Waals surface area contributed by atoms with Gasteiger partial charge in [-0.3, -0.25) is 0 Å². The molecule has 5 heteroatoms. The predicted octanol–water partition coefficient (Wildman–Crippen LogP) is 1.85. The molecule has 2 rings (SSSR count). The lowest BCUT2D eigenvalue weighted by Crippen LogP contribution is -2.12. The molecule has 0 spiro atoms. The van der Waals surface area contributed by atoms with E-state index in [1.54, 1.807) is 0 Å². The van der Waals surface area contributed by atoms with Crippen LogP contribution in [0.1, 0.15) is 16.1 Å². The van der Waals surface area contributed by atoms with Crippen molar-refractivity contribution in [1.29, 1.82) is 0 Å². The van der Waals surface area contributed by atoms with Crippen molar-refractivity contribution in [3.63, 3.8) is 0 Å². The first-order valence-electron chi connectivity index (χ1n) is 5.91. The Bertz CT molecular complexity index is 503. The van der Waals surface area contributed by atoms with Crippen molar-refractivity contribution >= 4 is 5.97 Å². The molecule has 0 saturated heterocycles. The smallest absolute Gasteiger partial charge is 0.357 e. The Morgan fingerprint density at radius 3 is 2.68 bits per heavy atom. The first-order valence-corrected chi connectivity index (χ1v) is 5.91. The summed E-state index contributed by atoms with van der Waals surface area (Å²) < 4.78 is 10.4. The van der Waals surface area contributed by atoms with E-state index in [0.29, 0.717) is 13.2 Å². The topological polar surface area (TPSA) is 61.3 Å². The summed E-state index contributed by atoms with van der Waals surface area (Å²) in [6.07, 6.45) is 2.80. The van der Waals surface area contributed by atoms with Gasteiger partial charge in [0.15, 0.2) is 5.69 Å². The second-order valence-corrected chi connectivity index (χ2v) is 3.77. The van der Waals surface area contributed by atoms with Crippen LogP contribution in [0.15, 0.2) is 48.9 Å². The average Bonchev–Trinajstić information content (AvgIpc) is 2.49. The van der Waals surface area contributed by atoms with Gasteiger partial charge in [0, 0.05) is 6.20 Å². The minimum Gasteiger partial charge on any atom is -0.459 e. The number of hydrogen-bond acceptors (Lipinski definition) is 5. The maximum atomic E-state index is 11.5. The largest absolute Gasteiger partial charge is 0.459 e. The Morgan fingerprint density at radius 2 is 1.95 bits per heavy atom. The van der Waals surface area contributed by atoms with Crippen molar-refractivity contribution in [1.82, 2.24) is 9.97 Å². The van der Waals surface area contributed by atoms with E-state index >= 15 is 0 Å².